The van der Waals surface area contributed by atoms with E-state index in [2.05, 4.69) is 32.0 Å². The van der Waals surface area contributed by atoms with Crippen molar-refractivity contribution in [1.29, 1.82) is 0 Å². The highest BCUT2D eigenvalue weighted by molar-refractivity contribution is 7.14. The third-order valence-corrected chi connectivity index (χ3v) is 5.21. The first kappa shape index (κ1) is 14.2. The second kappa shape index (κ2) is 6.78. The number of thiophene rings is 1. The van der Waals surface area contributed by atoms with Crippen molar-refractivity contribution in [2.45, 2.75) is 6.54 Å². The van der Waals surface area contributed by atoms with E-state index in [-0.39, 0.29) is 6.61 Å². The third-order valence-electron chi connectivity index (χ3n) is 3.59. The molecule has 108 valence electrons. The number of aliphatic hydroxyl groups excluding tert-OH is 1. The molecule has 3 heterocycles. The summed E-state index contributed by atoms with van der Waals surface area (Å²) in [4.78, 5) is 9.49. The Hall–Kier alpha value is -0.790. The van der Waals surface area contributed by atoms with Crippen LogP contribution in [0.15, 0.2) is 22.2 Å². The second-order valence-electron chi connectivity index (χ2n) is 5.00. The highest BCUT2D eigenvalue weighted by Gasteiger charge is 2.17. The fourth-order valence-corrected chi connectivity index (χ4v) is 3.96. The van der Waals surface area contributed by atoms with Crippen LogP contribution in [-0.4, -0.2) is 59.2 Å². The lowest BCUT2D eigenvalue weighted by Gasteiger charge is -2.33. The zero-order chi connectivity index (χ0) is 13.8. The molecule has 3 rings (SSSR count). The molecular weight excluding hydrogens is 290 g/mol. The molecule has 4 nitrogen and oxygen atoms in total. The molecule has 2 aromatic rings. The summed E-state index contributed by atoms with van der Waals surface area (Å²) in [5.41, 5.74) is 2.41. The van der Waals surface area contributed by atoms with Crippen LogP contribution in [0, 0.1) is 0 Å². The van der Waals surface area contributed by atoms with Crippen LogP contribution in [0.2, 0.25) is 0 Å². The van der Waals surface area contributed by atoms with Gasteiger partial charge in [-0.2, -0.15) is 11.3 Å². The molecule has 0 aliphatic carbocycles. The monoisotopic (exact) mass is 309 g/mol. The normalized spacial score (nSPS) is 17.6. The van der Waals surface area contributed by atoms with Crippen LogP contribution in [0.25, 0.3) is 10.6 Å². The van der Waals surface area contributed by atoms with E-state index in [1.54, 1.807) is 22.7 Å². The number of piperazine rings is 1. The van der Waals surface area contributed by atoms with Gasteiger partial charge >= 0.3 is 0 Å². The van der Waals surface area contributed by atoms with Crippen molar-refractivity contribution in [2.24, 2.45) is 0 Å². The Labute approximate surface area is 127 Å². The minimum atomic E-state index is 0.260. The molecular formula is C14H19N3OS2. The standard InChI is InChI=1S/C14H19N3OS2/c18-7-6-16-2-4-17(5-3-16)9-13-11-20-14(15-13)12-1-8-19-10-12/h1,8,10-11,18H,2-7,9H2. The van der Waals surface area contributed by atoms with Gasteiger partial charge in [-0.25, -0.2) is 4.98 Å². The van der Waals surface area contributed by atoms with Gasteiger partial charge in [0.25, 0.3) is 0 Å². The summed E-state index contributed by atoms with van der Waals surface area (Å²) in [6.45, 7) is 6.21. The molecule has 0 atom stereocenters. The molecule has 1 aliphatic rings. The lowest BCUT2D eigenvalue weighted by molar-refractivity contribution is 0.108. The van der Waals surface area contributed by atoms with E-state index >= 15 is 0 Å². The van der Waals surface area contributed by atoms with Crippen molar-refractivity contribution in [3.8, 4) is 10.6 Å². The molecule has 0 unspecified atom stereocenters. The summed E-state index contributed by atoms with van der Waals surface area (Å²) >= 11 is 3.44. The van der Waals surface area contributed by atoms with E-state index in [1.807, 2.05) is 0 Å². The van der Waals surface area contributed by atoms with E-state index in [9.17, 15) is 0 Å². The van der Waals surface area contributed by atoms with Crippen LogP contribution in [0.5, 0.6) is 0 Å². The van der Waals surface area contributed by atoms with Crippen LogP contribution < -0.4 is 0 Å². The van der Waals surface area contributed by atoms with Crippen molar-refractivity contribution in [3.05, 3.63) is 27.9 Å². The Kier molecular flexibility index (Phi) is 4.80. The van der Waals surface area contributed by atoms with E-state index < -0.39 is 0 Å². The molecule has 0 radical (unpaired) electrons. The predicted octanol–water partition coefficient (Wildman–Crippen LogP) is 1.98. The maximum atomic E-state index is 8.95. The topological polar surface area (TPSA) is 39.6 Å². The number of hydrogen-bond acceptors (Lipinski definition) is 6. The Bertz CT molecular complexity index is 518. The maximum absolute atomic E-state index is 8.95. The van der Waals surface area contributed by atoms with Crippen molar-refractivity contribution in [1.82, 2.24) is 14.8 Å². The molecule has 0 aromatic carbocycles. The fraction of sp³-hybridized carbons (Fsp3) is 0.500. The minimum absolute atomic E-state index is 0.260. The predicted molar refractivity (Wildman–Crippen MR) is 84.2 cm³/mol. The molecule has 0 spiro atoms. The van der Waals surface area contributed by atoms with Crippen molar-refractivity contribution < 1.29 is 5.11 Å². The smallest absolute Gasteiger partial charge is 0.124 e. The lowest BCUT2D eigenvalue weighted by atomic mass is 10.3. The zero-order valence-electron chi connectivity index (χ0n) is 11.4. The van der Waals surface area contributed by atoms with Crippen LogP contribution in [0.4, 0.5) is 0 Å². The maximum Gasteiger partial charge on any atom is 0.124 e. The van der Waals surface area contributed by atoms with Crippen molar-refractivity contribution >= 4 is 22.7 Å². The summed E-state index contributed by atoms with van der Waals surface area (Å²) in [5.74, 6) is 0. The molecule has 0 amide bonds. The van der Waals surface area contributed by atoms with Crippen LogP contribution in [0.3, 0.4) is 0 Å². The van der Waals surface area contributed by atoms with Gasteiger partial charge in [0, 0.05) is 55.6 Å². The first-order chi connectivity index (χ1) is 9.85. The van der Waals surface area contributed by atoms with Gasteiger partial charge in [-0.1, -0.05) is 0 Å². The lowest BCUT2D eigenvalue weighted by Crippen LogP contribution is -2.46. The summed E-state index contributed by atoms with van der Waals surface area (Å²) in [6.07, 6.45) is 0. The van der Waals surface area contributed by atoms with Gasteiger partial charge in [-0.3, -0.25) is 9.80 Å². The van der Waals surface area contributed by atoms with Gasteiger partial charge in [0.1, 0.15) is 5.01 Å². The molecule has 2 aromatic heterocycles. The van der Waals surface area contributed by atoms with Gasteiger partial charge in [0.2, 0.25) is 0 Å². The van der Waals surface area contributed by atoms with E-state index in [1.165, 1.54) is 11.3 Å². The Morgan fingerprint density at radius 3 is 2.65 bits per heavy atom. The number of aliphatic hydroxyl groups is 1. The molecule has 6 heteroatoms. The average Bonchev–Trinajstić information content (AvgIpc) is 3.12. The third kappa shape index (κ3) is 3.45. The molecule has 1 aliphatic heterocycles. The first-order valence-corrected chi connectivity index (χ1v) is 8.70. The quantitative estimate of drug-likeness (QED) is 0.917. The van der Waals surface area contributed by atoms with E-state index in [0.717, 1.165) is 44.3 Å². The molecule has 0 bridgehead atoms. The summed E-state index contributed by atoms with van der Waals surface area (Å²) in [7, 11) is 0. The molecule has 1 fully saturated rings. The molecule has 1 N–H and O–H groups in total. The molecule has 0 saturated carbocycles. The van der Waals surface area contributed by atoms with Crippen molar-refractivity contribution in [2.75, 3.05) is 39.3 Å². The number of nitrogens with zero attached hydrogens (tertiary/aromatic N) is 3. The zero-order valence-corrected chi connectivity index (χ0v) is 13.0. The van der Waals surface area contributed by atoms with Gasteiger partial charge in [0.05, 0.1) is 12.3 Å². The average molecular weight is 309 g/mol. The van der Waals surface area contributed by atoms with Gasteiger partial charge in [0.15, 0.2) is 0 Å². The van der Waals surface area contributed by atoms with Gasteiger partial charge < -0.3 is 5.11 Å². The van der Waals surface area contributed by atoms with Gasteiger partial charge in [-0.05, 0) is 11.4 Å². The van der Waals surface area contributed by atoms with Gasteiger partial charge in [-0.15, -0.1) is 11.3 Å². The second-order valence-corrected chi connectivity index (χ2v) is 6.64. The number of hydrogen-bond donors (Lipinski definition) is 1. The SMILES string of the molecule is OCCN1CCN(Cc2csc(-c3ccsc3)n2)CC1. The van der Waals surface area contributed by atoms with Crippen LogP contribution >= 0.6 is 22.7 Å². The van der Waals surface area contributed by atoms with E-state index in [4.69, 9.17) is 10.1 Å². The molecule has 1 saturated heterocycles. The minimum Gasteiger partial charge on any atom is -0.395 e. The van der Waals surface area contributed by atoms with Crippen LogP contribution in [-0.2, 0) is 6.54 Å². The highest BCUT2D eigenvalue weighted by atomic mass is 32.1. The Morgan fingerprint density at radius 1 is 1.15 bits per heavy atom. The Morgan fingerprint density at radius 2 is 1.95 bits per heavy atom. The number of rotatable bonds is 5. The summed E-state index contributed by atoms with van der Waals surface area (Å²) < 4.78 is 0. The summed E-state index contributed by atoms with van der Waals surface area (Å²) in [6, 6.07) is 2.13. The fourth-order valence-electron chi connectivity index (χ4n) is 2.44. The Balaban J connectivity index is 1.54. The number of thiazole rings is 1. The van der Waals surface area contributed by atoms with E-state index in [0.29, 0.717) is 0 Å². The first-order valence-electron chi connectivity index (χ1n) is 6.87. The number of aromatic nitrogens is 1. The largest absolute Gasteiger partial charge is 0.395 e. The van der Waals surface area contributed by atoms with Crippen LogP contribution in [0.1, 0.15) is 5.69 Å². The van der Waals surface area contributed by atoms with Crippen molar-refractivity contribution in [3.63, 3.8) is 0 Å². The highest BCUT2D eigenvalue weighted by Crippen LogP contribution is 2.26. The summed E-state index contributed by atoms with van der Waals surface area (Å²) in [5, 5.41) is 16.5. The molecule has 20 heavy (non-hydrogen) atoms. The number of β-amino-alcohol motifs (C(OH)–C–C–N with tert-alkyl or cyclic N) is 1.